The molecule has 0 unspecified atom stereocenters. The molecule has 0 aliphatic heterocycles. The Morgan fingerprint density at radius 1 is 1.24 bits per heavy atom. The number of carbonyl (C=O) groups is 1. The smallest absolute Gasteiger partial charge is 0.159 e. The Kier molecular flexibility index (Phi) is 4.34. The zero-order valence-corrected chi connectivity index (χ0v) is 11.9. The SMILES string of the molecule is CN(C)[C@@H](C(=O)C(C)(C)C)c1ccccc1Cl. The lowest BCUT2D eigenvalue weighted by atomic mass is 9.83. The molecule has 0 aliphatic rings. The van der Waals surface area contributed by atoms with Crippen molar-refractivity contribution in [1.82, 2.24) is 4.90 Å². The van der Waals surface area contributed by atoms with Crippen LogP contribution in [0.4, 0.5) is 0 Å². The number of hydrogen-bond donors (Lipinski definition) is 0. The Balaban J connectivity index is 3.20. The molecule has 2 nitrogen and oxygen atoms in total. The van der Waals surface area contributed by atoms with Crippen molar-refractivity contribution in [3.8, 4) is 0 Å². The fraction of sp³-hybridized carbons (Fsp3) is 0.500. The fourth-order valence-corrected chi connectivity index (χ4v) is 2.00. The zero-order chi connectivity index (χ0) is 13.2. The summed E-state index contributed by atoms with van der Waals surface area (Å²) in [4.78, 5) is 14.4. The summed E-state index contributed by atoms with van der Waals surface area (Å²) in [5, 5.41) is 0.642. The molecular weight excluding hydrogens is 234 g/mol. The van der Waals surface area contributed by atoms with Gasteiger partial charge in [-0.1, -0.05) is 50.6 Å². The van der Waals surface area contributed by atoms with Crippen molar-refractivity contribution in [3.05, 3.63) is 34.9 Å². The first kappa shape index (κ1) is 14.2. The largest absolute Gasteiger partial charge is 0.297 e. The molecule has 0 fully saturated rings. The molecule has 1 aromatic rings. The van der Waals surface area contributed by atoms with E-state index in [2.05, 4.69) is 0 Å². The second kappa shape index (κ2) is 5.19. The standard InChI is InChI=1S/C14H20ClNO/c1-14(2,3)13(17)12(16(4)5)10-8-6-7-9-11(10)15/h6-9,12H,1-5H3/t12-/m1/s1. The van der Waals surface area contributed by atoms with Gasteiger partial charge in [0, 0.05) is 10.4 Å². The van der Waals surface area contributed by atoms with E-state index in [4.69, 9.17) is 11.6 Å². The molecule has 0 aromatic heterocycles. The molecule has 94 valence electrons. The molecule has 17 heavy (non-hydrogen) atoms. The van der Waals surface area contributed by atoms with Gasteiger partial charge >= 0.3 is 0 Å². The summed E-state index contributed by atoms with van der Waals surface area (Å²) in [6, 6.07) is 7.23. The van der Waals surface area contributed by atoms with Crippen LogP contribution in [0.1, 0.15) is 32.4 Å². The number of nitrogens with zero attached hydrogens (tertiary/aromatic N) is 1. The summed E-state index contributed by atoms with van der Waals surface area (Å²) in [5.74, 6) is 0.176. The zero-order valence-electron chi connectivity index (χ0n) is 11.1. The van der Waals surface area contributed by atoms with Crippen molar-refractivity contribution in [2.75, 3.05) is 14.1 Å². The molecular formula is C14H20ClNO. The van der Waals surface area contributed by atoms with E-state index in [1.54, 1.807) is 0 Å². The molecule has 1 rings (SSSR count). The van der Waals surface area contributed by atoms with Crippen molar-refractivity contribution >= 4 is 17.4 Å². The highest BCUT2D eigenvalue weighted by Crippen LogP contribution is 2.32. The van der Waals surface area contributed by atoms with Gasteiger partial charge < -0.3 is 0 Å². The molecule has 0 saturated carbocycles. The molecule has 0 bridgehead atoms. The molecule has 0 N–H and O–H groups in total. The number of Topliss-reactive ketones (excluding diaryl/α,β-unsaturated/α-hetero) is 1. The number of carbonyl (C=O) groups excluding carboxylic acids is 1. The second-order valence-electron chi connectivity index (χ2n) is 5.50. The van der Waals surface area contributed by atoms with Crippen LogP contribution in [0, 0.1) is 5.41 Å². The van der Waals surface area contributed by atoms with E-state index in [0.717, 1.165) is 5.56 Å². The van der Waals surface area contributed by atoms with Crippen molar-refractivity contribution in [1.29, 1.82) is 0 Å². The van der Waals surface area contributed by atoms with Crippen LogP contribution in [-0.4, -0.2) is 24.8 Å². The average molecular weight is 254 g/mol. The third-order valence-corrected chi connectivity index (χ3v) is 3.05. The predicted octanol–water partition coefficient (Wildman–Crippen LogP) is 3.56. The van der Waals surface area contributed by atoms with Crippen LogP contribution in [0.5, 0.6) is 0 Å². The quantitative estimate of drug-likeness (QED) is 0.821. The van der Waals surface area contributed by atoms with E-state index in [9.17, 15) is 4.79 Å². The van der Waals surface area contributed by atoms with Crippen LogP contribution in [0.2, 0.25) is 5.02 Å². The third-order valence-electron chi connectivity index (χ3n) is 2.70. The Morgan fingerprint density at radius 3 is 2.18 bits per heavy atom. The molecule has 1 aromatic carbocycles. The Morgan fingerprint density at radius 2 is 1.76 bits per heavy atom. The van der Waals surface area contributed by atoms with Gasteiger partial charge in [-0.3, -0.25) is 9.69 Å². The van der Waals surface area contributed by atoms with Crippen LogP contribution in [0.25, 0.3) is 0 Å². The first-order chi connectivity index (χ1) is 7.75. The second-order valence-corrected chi connectivity index (χ2v) is 5.91. The van der Waals surface area contributed by atoms with E-state index in [1.165, 1.54) is 0 Å². The summed E-state index contributed by atoms with van der Waals surface area (Å²) in [7, 11) is 3.80. The lowest BCUT2D eigenvalue weighted by molar-refractivity contribution is -0.131. The van der Waals surface area contributed by atoms with Gasteiger partial charge in [-0.05, 0) is 25.7 Å². The van der Waals surface area contributed by atoms with E-state index in [0.29, 0.717) is 5.02 Å². The predicted molar refractivity (Wildman–Crippen MR) is 72.3 cm³/mol. The molecule has 0 radical (unpaired) electrons. The Labute approximate surface area is 109 Å². The van der Waals surface area contributed by atoms with Gasteiger partial charge in [0.2, 0.25) is 0 Å². The van der Waals surface area contributed by atoms with E-state index in [1.807, 2.05) is 64.0 Å². The third kappa shape index (κ3) is 3.30. The number of benzene rings is 1. The monoisotopic (exact) mass is 253 g/mol. The maximum Gasteiger partial charge on any atom is 0.159 e. The first-order valence-corrected chi connectivity index (χ1v) is 6.08. The number of rotatable bonds is 3. The molecule has 1 atom stereocenters. The van der Waals surface area contributed by atoms with E-state index in [-0.39, 0.29) is 17.2 Å². The van der Waals surface area contributed by atoms with Crippen molar-refractivity contribution in [3.63, 3.8) is 0 Å². The van der Waals surface area contributed by atoms with Crippen molar-refractivity contribution < 1.29 is 4.79 Å². The van der Waals surface area contributed by atoms with Crippen LogP contribution in [0.15, 0.2) is 24.3 Å². The van der Waals surface area contributed by atoms with Crippen molar-refractivity contribution in [2.24, 2.45) is 5.41 Å². The first-order valence-electron chi connectivity index (χ1n) is 5.70. The topological polar surface area (TPSA) is 20.3 Å². The van der Waals surface area contributed by atoms with Gasteiger partial charge in [0.1, 0.15) is 0 Å². The maximum absolute atomic E-state index is 12.5. The van der Waals surface area contributed by atoms with E-state index >= 15 is 0 Å². The van der Waals surface area contributed by atoms with Crippen LogP contribution in [-0.2, 0) is 4.79 Å². The molecule has 0 saturated heterocycles. The van der Waals surface area contributed by atoms with Gasteiger partial charge in [-0.15, -0.1) is 0 Å². The van der Waals surface area contributed by atoms with Crippen LogP contribution >= 0.6 is 11.6 Å². The normalized spacial score (nSPS) is 13.8. The molecule has 0 aliphatic carbocycles. The lowest BCUT2D eigenvalue weighted by Gasteiger charge is -2.30. The fourth-order valence-electron chi connectivity index (χ4n) is 1.76. The number of halogens is 1. The number of likely N-dealkylation sites (N-methyl/N-ethyl adjacent to an activating group) is 1. The Bertz CT molecular complexity index is 407. The minimum atomic E-state index is -0.381. The summed E-state index contributed by atoms with van der Waals surface area (Å²) >= 11 is 6.18. The Hall–Kier alpha value is -0.860. The lowest BCUT2D eigenvalue weighted by Crippen LogP contribution is -2.35. The highest BCUT2D eigenvalue weighted by atomic mass is 35.5. The molecule has 0 spiro atoms. The number of hydrogen-bond acceptors (Lipinski definition) is 2. The summed E-state index contributed by atoms with van der Waals surface area (Å²) < 4.78 is 0. The highest BCUT2D eigenvalue weighted by molar-refractivity contribution is 6.31. The minimum Gasteiger partial charge on any atom is -0.297 e. The summed E-state index contributed by atoms with van der Waals surface area (Å²) in [6.07, 6.45) is 0. The van der Waals surface area contributed by atoms with Gasteiger partial charge in [0.05, 0.1) is 6.04 Å². The minimum absolute atomic E-state index is 0.176. The van der Waals surface area contributed by atoms with Crippen LogP contribution < -0.4 is 0 Å². The molecule has 0 amide bonds. The summed E-state index contributed by atoms with van der Waals surface area (Å²) in [6.45, 7) is 5.80. The van der Waals surface area contributed by atoms with E-state index < -0.39 is 0 Å². The average Bonchev–Trinajstić information content (AvgIpc) is 2.19. The highest BCUT2D eigenvalue weighted by Gasteiger charge is 2.33. The summed E-state index contributed by atoms with van der Waals surface area (Å²) in [5.41, 5.74) is 0.493. The van der Waals surface area contributed by atoms with Gasteiger partial charge in [-0.25, -0.2) is 0 Å². The van der Waals surface area contributed by atoms with Gasteiger partial charge in [0.25, 0.3) is 0 Å². The molecule has 3 heteroatoms. The van der Waals surface area contributed by atoms with Gasteiger partial charge in [0.15, 0.2) is 5.78 Å². The van der Waals surface area contributed by atoms with Crippen molar-refractivity contribution in [2.45, 2.75) is 26.8 Å². The molecule has 0 heterocycles. The number of ketones is 1. The van der Waals surface area contributed by atoms with Crippen LogP contribution in [0.3, 0.4) is 0 Å². The van der Waals surface area contributed by atoms with Gasteiger partial charge in [-0.2, -0.15) is 0 Å². The maximum atomic E-state index is 12.5.